The van der Waals surface area contributed by atoms with Crippen LogP contribution in [0.2, 0.25) is 0 Å². The molecule has 6 nitrogen and oxygen atoms in total. The van der Waals surface area contributed by atoms with Gasteiger partial charge in [-0.25, -0.2) is 8.78 Å². The Hall–Kier alpha value is -3.03. The summed E-state index contributed by atoms with van der Waals surface area (Å²) >= 11 is 0. The van der Waals surface area contributed by atoms with Crippen molar-refractivity contribution in [3.63, 3.8) is 0 Å². The molecule has 1 saturated heterocycles. The molecule has 1 atom stereocenters. The van der Waals surface area contributed by atoms with Gasteiger partial charge >= 0.3 is 0 Å². The first-order chi connectivity index (χ1) is 12.1. The van der Waals surface area contributed by atoms with E-state index in [1.165, 1.54) is 24.5 Å². The Morgan fingerprint density at radius 1 is 1.20 bits per heavy atom. The average molecular weight is 343 g/mol. The number of nitrogens with one attached hydrogen (secondary N) is 1. The van der Waals surface area contributed by atoms with Crippen molar-refractivity contribution in [1.29, 1.82) is 0 Å². The van der Waals surface area contributed by atoms with Crippen molar-refractivity contribution in [2.45, 2.75) is 12.5 Å². The maximum atomic E-state index is 13.9. The summed E-state index contributed by atoms with van der Waals surface area (Å²) in [6, 6.07) is 7.01. The van der Waals surface area contributed by atoms with Crippen LogP contribution in [-0.2, 0) is 0 Å². The summed E-state index contributed by atoms with van der Waals surface area (Å²) in [6.07, 6.45) is 3.78. The highest BCUT2D eigenvalue weighted by Crippen LogP contribution is 2.26. The van der Waals surface area contributed by atoms with Gasteiger partial charge in [0, 0.05) is 25.3 Å². The van der Waals surface area contributed by atoms with E-state index in [0.29, 0.717) is 30.7 Å². The molecule has 8 heteroatoms. The van der Waals surface area contributed by atoms with Crippen molar-refractivity contribution >= 4 is 17.2 Å². The van der Waals surface area contributed by atoms with Gasteiger partial charge < -0.3 is 10.2 Å². The molecule has 0 bridgehead atoms. The van der Waals surface area contributed by atoms with Crippen molar-refractivity contribution < 1.29 is 13.6 Å². The largest absolute Gasteiger partial charge is 0.365 e. The molecule has 2 aromatic heterocycles. The van der Waals surface area contributed by atoms with E-state index in [1.807, 2.05) is 0 Å². The van der Waals surface area contributed by atoms with Crippen molar-refractivity contribution in [2.75, 3.05) is 18.0 Å². The number of aromatic nitrogens is 3. The molecule has 1 aliphatic heterocycles. The maximum Gasteiger partial charge on any atom is 0.253 e. The van der Waals surface area contributed by atoms with E-state index >= 15 is 0 Å². The number of amides is 1. The first-order valence-corrected chi connectivity index (χ1v) is 7.91. The molecule has 0 unspecified atom stereocenters. The number of para-hydroxylation sites is 1. The molecule has 25 heavy (non-hydrogen) atoms. The summed E-state index contributed by atoms with van der Waals surface area (Å²) in [7, 11) is 0. The van der Waals surface area contributed by atoms with Crippen molar-refractivity contribution in [3.8, 4) is 0 Å². The van der Waals surface area contributed by atoms with Gasteiger partial charge in [-0.15, -0.1) is 10.2 Å². The summed E-state index contributed by atoms with van der Waals surface area (Å²) < 4.78 is 29.4. The predicted octanol–water partition coefficient (Wildman–Crippen LogP) is 2.02. The van der Waals surface area contributed by atoms with E-state index in [0.717, 1.165) is 0 Å². The smallest absolute Gasteiger partial charge is 0.253 e. The summed E-state index contributed by atoms with van der Waals surface area (Å²) in [5.74, 6) is -1.42. The number of nitrogens with zero attached hydrogens (tertiary/aromatic N) is 4. The van der Waals surface area contributed by atoms with Gasteiger partial charge in [-0.05, 0) is 30.7 Å². The summed E-state index contributed by atoms with van der Waals surface area (Å²) in [6.45, 7) is 0.839. The number of pyridine rings is 1. The Labute approximate surface area is 142 Å². The molecule has 3 aromatic rings. The second kappa shape index (κ2) is 6.12. The van der Waals surface area contributed by atoms with E-state index in [4.69, 9.17) is 0 Å². The molecule has 4 rings (SSSR count). The number of hydrogen-bond donors (Lipinski definition) is 1. The standard InChI is InChI=1S/C17H15F2N5O/c18-13-2-1-3-14(19)16(13)23-7-6-12(9-23)21-17(25)11-4-5-15-22-20-10-24(15)8-11/h1-5,8,10,12H,6-7,9H2,(H,21,25)/t12-/m1/s1. The number of carbonyl (C=O) groups excluding carboxylic acids is 1. The van der Waals surface area contributed by atoms with Crippen LogP contribution in [0, 0.1) is 11.6 Å². The van der Waals surface area contributed by atoms with Gasteiger partial charge in [-0.2, -0.15) is 0 Å². The number of fused-ring (bicyclic) bond motifs is 1. The van der Waals surface area contributed by atoms with E-state index in [9.17, 15) is 13.6 Å². The number of halogens is 2. The van der Waals surface area contributed by atoms with Crippen molar-refractivity contribution in [2.24, 2.45) is 0 Å². The van der Waals surface area contributed by atoms with Gasteiger partial charge in [0.05, 0.1) is 5.56 Å². The molecule has 128 valence electrons. The van der Waals surface area contributed by atoms with Crippen LogP contribution in [0.15, 0.2) is 42.9 Å². The third-order valence-corrected chi connectivity index (χ3v) is 4.33. The summed E-state index contributed by atoms with van der Waals surface area (Å²) in [5.41, 5.74) is 1.09. The molecule has 1 fully saturated rings. The van der Waals surface area contributed by atoms with Crippen LogP contribution in [0.4, 0.5) is 14.5 Å². The fraction of sp³-hybridized carbons (Fsp3) is 0.235. The van der Waals surface area contributed by atoms with E-state index in [-0.39, 0.29) is 17.6 Å². The summed E-state index contributed by atoms with van der Waals surface area (Å²) in [5, 5.41) is 10.6. The third kappa shape index (κ3) is 2.90. The third-order valence-electron chi connectivity index (χ3n) is 4.33. The minimum atomic E-state index is -0.593. The predicted molar refractivity (Wildman–Crippen MR) is 87.4 cm³/mol. The van der Waals surface area contributed by atoms with E-state index in [2.05, 4.69) is 15.5 Å². The lowest BCUT2D eigenvalue weighted by atomic mass is 10.2. The van der Waals surface area contributed by atoms with E-state index < -0.39 is 11.6 Å². The first kappa shape index (κ1) is 15.5. The SMILES string of the molecule is O=C(N[C@@H]1CCN(c2c(F)cccc2F)C1)c1ccc2nncn2c1. The normalized spacial score (nSPS) is 17.2. The van der Waals surface area contributed by atoms with Gasteiger partial charge in [0.25, 0.3) is 5.91 Å². The second-order valence-corrected chi connectivity index (χ2v) is 5.99. The van der Waals surface area contributed by atoms with Crippen LogP contribution in [-0.4, -0.2) is 39.6 Å². The highest BCUT2D eigenvalue weighted by Gasteiger charge is 2.28. The second-order valence-electron chi connectivity index (χ2n) is 5.99. The molecule has 1 N–H and O–H groups in total. The fourth-order valence-corrected chi connectivity index (χ4v) is 3.10. The van der Waals surface area contributed by atoms with Gasteiger partial charge in [0.2, 0.25) is 0 Å². The number of anilines is 1. The zero-order valence-electron chi connectivity index (χ0n) is 13.2. The number of hydrogen-bond acceptors (Lipinski definition) is 4. The Morgan fingerprint density at radius 3 is 2.80 bits per heavy atom. The van der Waals surface area contributed by atoms with Gasteiger partial charge in [0.15, 0.2) is 5.65 Å². The molecule has 0 saturated carbocycles. The minimum Gasteiger partial charge on any atom is -0.365 e. The van der Waals surface area contributed by atoms with Crippen LogP contribution in [0.3, 0.4) is 0 Å². The Bertz CT molecular complexity index is 921. The number of rotatable bonds is 3. The lowest BCUT2D eigenvalue weighted by molar-refractivity contribution is 0.0940. The van der Waals surface area contributed by atoms with Crippen LogP contribution in [0.5, 0.6) is 0 Å². The highest BCUT2D eigenvalue weighted by molar-refractivity contribution is 5.94. The fourth-order valence-electron chi connectivity index (χ4n) is 3.10. The summed E-state index contributed by atoms with van der Waals surface area (Å²) in [4.78, 5) is 14.0. The topological polar surface area (TPSA) is 62.5 Å². The maximum absolute atomic E-state index is 13.9. The van der Waals surface area contributed by atoms with Crippen molar-refractivity contribution in [1.82, 2.24) is 19.9 Å². The molecular formula is C17H15F2N5O. The van der Waals surface area contributed by atoms with Gasteiger partial charge in [-0.1, -0.05) is 6.07 Å². The highest BCUT2D eigenvalue weighted by atomic mass is 19.1. The molecule has 0 spiro atoms. The van der Waals surface area contributed by atoms with Crippen LogP contribution in [0.25, 0.3) is 5.65 Å². The lowest BCUT2D eigenvalue weighted by Gasteiger charge is -2.20. The minimum absolute atomic E-state index is 0.0369. The zero-order valence-corrected chi connectivity index (χ0v) is 13.2. The molecule has 0 aliphatic carbocycles. The van der Waals surface area contributed by atoms with Crippen LogP contribution >= 0.6 is 0 Å². The average Bonchev–Trinajstić information content (AvgIpc) is 3.23. The van der Waals surface area contributed by atoms with Gasteiger partial charge in [-0.3, -0.25) is 9.20 Å². The van der Waals surface area contributed by atoms with Crippen molar-refractivity contribution in [3.05, 3.63) is 60.1 Å². The zero-order chi connectivity index (χ0) is 17.4. The molecule has 1 amide bonds. The molecular weight excluding hydrogens is 328 g/mol. The molecule has 0 radical (unpaired) electrons. The molecule has 1 aromatic carbocycles. The monoisotopic (exact) mass is 343 g/mol. The molecule has 1 aliphatic rings. The quantitative estimate of drug-likeness (QED) is 0.790. The number of benzene rings is 1. The van der Waals surface area contributed by atoms with Gasteiger partial charge in [0.1, 0.15) is 23.6 Å². The lowest BCUT2D eigenvalue weighted by Crippen LogP contribution is -2.37. The Balaban J connectivity index is 1.46. The van der Waals surface area contributed by atoms with Crippen LogP contribution < -0.4 is 10.2 Å². The number of carbonyl (C=O) groups is 1. The first-order valence-electron chi connectivity index (χ1n) is 7.91. The Kier molecular flexibility index (Phi) is 3.79. The Morgan fingerprint density at radius 2 is 2.00 bits per heavy atom. The van der Waals surface area contributed by atoms with Crippen LogP contribution in [0.1, 0.15) is 16.8 Å². The molecule has 3 heterocycles. The van der Waals surface area contributed by atoms with E-state index in [1.54, 1.807) is 27.6 Å².